The van der Waals surface area contributed by atoms with Gasteiger partial charge >= 0.3 is 0 Å². The van der Waals surface area contributed by atoms with Crippen molar-refractivity contribution in [3.8, 4) is 0 Å². The molecule has 8 heteroatoms. The lowest BCUT2D eigenvalue weighted by Crippen LogP contribution is -2.63. The number of methoxy groups -OCH3 is 1. The van der Waals surface area contributed by atoms with Crippen LogP contribution in [0.1, 0.15) is 34.6 Å². The molecule has 1 aromatic heterocycles. The van der Waals surface area contributed by atoms with Gasteiger partial charge in [0.2, 0.25) is 5.91 Å². The summed E-state index contributed by atoms with van der Waals surface area (Å²) < 4.78 is 18.2. The molecule has 0 aliphatic carbocycles. The van der Waals surface area contributed by atoms with Gasteiger partial charge in [-0.1, -0.05) is 6.07 Å². The van der Waals surface area contributed by atoms with Gasteiger partial charge in [0.25, 0.3) is 5.91 Å². The highest BCUT2D eigenvalue weighted by Gasteiger charge is 2.48. The first-order valence-electron chi connectivity index (χ1n) is 8.94. The summed E-state index contributed by atoms with van der Waals surface area (Å²) in [5, 5.41) is 15.8. The molecule has 1 saturated heterocycles. The molecule has 0 saturated carbocycles. The highest BCUT2D eigenvalue weighted by atomic mass is 32.1. The number of piperidine rings is 1. The van der Waals surface area contributed by atoms with Gasteiger partial charge in [-0.25, -0.2) is 4.39 Å². The number of carbonyl (C=O) groups is 2. The standard InChI is InChI=1S/C20H23FN2O4S/c1-20(26)9-10-23(16(24)12-27-2)17(15-4-3-11-28-15)18(20)22-19(25)13-5-7-14(21)8-6-13/h3-8,11,17-18,26H,9-10,12H2,1-2H3,(H,22,25). The average molecular weight is 406 g/mol. The zero-order chi connectivity index (χ0) is 20.3. The molecule has 0 bridgehead atoms. The van der Waals surface area contributed by atoms with Crippen LogP contribution in [0.2, 0.25) is 0 Å². The molecule has 1 aliphatic rings. The first-order valence-corrected chi connectivity index (χ1v) is 9.82. The van der Waals surface area contributed by atoms with Crippen LogP contribution in [-0.4, -0.2) is 53.7 Å². The maximum atomic E-state index is 13.2. The monoisotopic (exact) mass is 406 g/mol. The third-order valence-electron chi connectivity index (χ3n) is 5.00. The molecule has 2 heterocycles. The summed E-state index contributed by atoms with van der Waals surface area (Å²) in [5.74, 6) is -1.08. The van der Waals surface area contributed by atoms with Crippen LogP contribution in [0.4, 0.5) is 4.39 Å². The van der Waals surface area contributed by atoms with Crippen molar-refractivity contribution >= 4 is 23.2 Å². The Morgan fingerprint density at radius 1 is 1.36 bits per heavy atom. The zero-order valence-corrected chi connectivity index (χ0v) is 16.5. The molecular formula is C20H23FN2O4S. The molecule has 1 fully saturated rings. The number of halogens is 1. The van der Waals surface area contributed by atoms with Gasteiger partial charge in [-0.2, -0.15) is 0 Å². The Kier molecular flexibility index (Phi) is 6.12. The van der Waals surface area contributed by atoms with E-state index in [4.69, 9.17) is 4.74 Å². The molecule has 0 radical (unpaired) electrons. The van der Waals surface area contributed by atoms with E-state index in [1.807, 2.05) is 17.5 Å². The number of aliphatic hydroxyl groups is 1. The molecule has 2 aromatic rings. The summed E-state index contributed by atoms with van der Waals surface area (Å²) in [5.41, 5.74) is -0.948. The largest absolute Gasteiger partial charge is 0.388 e. The van der Waals surface area contributed by atoms with E-state index in [2.05, 4.69) is 5.32 Å². The lowest BCUT2D eigenvalue weighted by molar-refractivity contribution is -0.146. The van der Waals surface area contributed by atoms with Crippen LogP contribution in [0.15, 0.2) is 41.8 Å². The van der Waals surface area contributed by atoms with Crippen LogP contribution in [-0.2, 0) is 9.53 Å². The molecule has 2 N–H and O–H groups in total. The van der Waals surface area contributed by atoms with Gasteiger partial charge in [0.1, 0.15) is 12.4 Å². The number of thiophene rings is 1. The molecule has 1 aliphatic heterocycles. The summed E-state index contributed by atoms with van der Waals surface area (Å²) in [6.45, 7) is 1.92. The topological polar surface area (TPSA) is 78.9 Å². The van der Waals surface area contributed by atoms with Gasteiger partial charge in [0.05, 0.1) is 17.7 Å². The van der Waals surface area contributed by atoms with E-state index in [0.29, 0.717) is 13.0 Å². The molecule has 3 atom stereocenters. The normalized spacial score (nSPS) is 24.8. The average Bonchev–Trinajstić information content (AvgIpc) is 3.18. The number of hydrogen-bond acceptors (Lipinski definition) is 5. The van der Waals surface area contributed by atoms with Gasteiger partial charge in [-0.3, -0.25) is 9.59 Å². The molecule has 3 unspecified atom stereocenters. The Bertz CT molecular complexity index is 823. The Morgan fingerprint density at radius 3 is 2.68 bits per heavy atom. The number of rotatable bonds is 5. The molecule has 150 valence electrons. The summed E-state index contributed by atoms with van der Waals surface area (Å²) in [4.78, 5) is 27.9. The quantitative estimate of drug-likeness (QED) is 0.799. The smallest absolute Gasteiger partial charge is 0.251 e. The van der Waals surface area contributed by atoms with E-state index >= 15 is 0 Å². The molecule has 0 spiro atoms. The number of carbonyl (C=O) groups excluding carboxylic acids is 2. The number of benzene rings is 1. The highest BCUT2D eigenvalue weighted by Crippen LogP contribution is 2.39. The van der Waals surface area contributed by atoms with Crippen molar-refractivity contribution < 1.29 is 23.8 Å². The number of likely N-dealkylation sites (tertiary alicyclic amines) is 1. The van der Waals surface area contributed by atoms with Gasteiger partial charge in [-0.15, -0.1) is 11.3 Å². The third kappa shape index (κ3) is 4.24. The van der Waals surface area contributed by atoms with Crippen molar-refractivity contribution in [1.29, 1.82) is 0 Å². The zero-order valence-electron chi connectivity index (χ0n) is 15.7. The Balaban J connectivity index is 1.94. The van der Waals surface area contributed by atoms with E-state index in [-0.39, 0.29) is 18.1 Å². The van der Waals surface area contributed by atoms with Crippen LogP contribution in [0.25, 0.3) is 0 Å². The maximum absolute atomic E-state index is 13.2. The third-order valence-corrected chi connectivity index (χ3v) is 5.94. The number of nitrogens with zero attached hydrogens (tertiary/aromatic N) is 1. The van der Waals surface area contributed by atoms with Crippen molar-refractivity contribution in [1.82, 2.24) is 10.2 Å². The van der Waals surface area contributed by atoms with Crippen LogP contribution in [0, 0.1) is 5.82 Å². The van der Waals surface area contributed by atoms with Gasteiger partial charge < -0.3 is 20.1 Å². The SMILES string of the molecule is COCC(=O)N1CCC(C)(O)C(NC(=O)c2ccc(F)cc2)C1c1cccs1. The van der Waals surface area contributed by atoms with E-state index in [0.717, 1.165) is 4.88 Å². The van der Waals surface area contributed by atoms with Crippen molar-refractivity contribution in [2.75, 3.05) is 20.3 Å². The summed E-state index contributed by atoms with van der Waals surface area (Å²) in [6, 6.07) is 7.65. The molecule has 28 heavy (non-hydrogen) atoms. The predicted molar refractivity (Wildman–Crippen MR) is 104 cm³/mol. The van der Waals surface area contributed by atoms with Gasteiger partial charge in [0, 0.05) is 24.1 Å². The van der Waals surface area contributed by atoms with Crippen LogP contribution < -0.4 is 5.32 Å². The predicted octanol–water partition coefficient (Wildman–Crippen LogP) is 2.36. The molecule has 2 amide bonds. The van der Waals surface area contributed by atoms with E-state index in [1.54, 1.807) is 11.8 Å². The lowest BCUT2D eigenvalue weighted by Gasteiger charge is -2.48. The number of ether oxygens (including phenoxy) is 1. The Labute approximate surface area is 166 Å². The second kappa shape index (κ2) is 8.38. The first-order chi connectivity index (χ1) is 13.3. The number of amides is 2. The maximum Gasteiger partial charge on any atom is 0.251 e. The number of hydrogen-bond donors (Lipinski definition) is 2. The number of nitrogens with one attached hydrogen (secondary N) is 1. The van der Waals surface area contributed by atoms with E-state index in [9.17, 15) is 19.1 Å². The fourth-order valence-electron chi connectivity index (χ4n) is 3.49. The fourth-order valence-corrected chi connectivity index (χ4v) is 4.36. The lowest BCUT2D eigenvalue weighted by atomic mass is 9.81. The van der Waals surface area contributed by atoms with Crippen molar-refractivity contribution in [3.05, 3.63) is 58.0 Å². The Morgan fingerprint density at radius 2 is 2.07 bits per heavy atom. The molecule has 3 rings (SSSR count). The van der Waals surface area contributed by atoms with Gasteiger partial charge in [-0.05, 0) is 49.1 Å². The molecular weight excluding hydrogens is 383 g/mol. The van der Waals surface area contributed by atoms with Crippen LogP contribution >= 0.6 is 11.3 Å². The first kappa shape index (κ1) is 20.4. The molecule has 6 nitrogen and oxygen atoms in total. The highest BCUT2D eigenvalue weighted by molar-refractivity contribution is 7.10. The summed E-state index contributed by atoms with van der Waals surface area (Å²) in [6.07, 6.45) is 0.304. The van der Waals surface area contributed by atoms with Crippen molar-refractivity contribution in [2.45, 2.75) is 31.0 Å². The Hall–Kier alpha value is -2.29. The van der Waals surface area contributed by atoms with E-state index in [1.165, 1.54) is 42.7 Å². The minimum atomic E-state index is -1.23. The summed E-state index contributed by atoms with van der Waals surface area (Å²) >= 11 is 1.45. The van der Waals surface area contributed by atoms with Crippen LogP contribution in [0.3, 0.4) is 0 Å². The van der Waals surface area contributed by atoms with Crippen molar-refractivity contribution in [3.63, 3.8) is 0 Å². The van der Waals surface area contributed by atoms with Gasteiger partial charge in [0.15, 0.2) is 0 Å². The fraction of sp³-hybridized carbons (Fsp3) is 0.400. The van der Waals surface area contributed by atoms with Crippen molar-refractivity contribution in [2.24, 2.45) is 0 Å². The minimum Gasteiger partial charge on any atom is -0.388 e. The molecule has 1 aromatic carbocycles. The van der Waals surface area contributed by atoms with Crippen LogP contribution in [0.5, 0.6) is 0 Å². The minimum absolute atomic E-state index is 0.0807. The second-order valence-corrected chi connectivity index (χ2v) is 8.02. The summed E-state index contributed by atoms with van der Waals surface area (Å²) in [7, 11) is 1.45. The van der Waals surface area contributed by atoms with E-state index < -0.39 is 29.4 Å². The second-order valence-electron chi connectivity index (χ2n) is 7.05.